The Morgan fingerprint density at radius 1 is 1.20 bits per heavy atom. The molecular weight excluding hydrogens is 252 g/mol. The second-order valence-corrected chi connectivity index (χ2v) is 4.41. The Hall–Kier alpha value is -2.61. The van der Waals surface area contributed by atoms with Gasteiger partial charge in [0.25, 0.3) is 0 Å². The highest BCUT2D eigenvalue weighted by Gasteiger charge is 2.14. The maximum Gasteiger partial charge on any atom is 0.171 e. The first-order chi connectivity index (χ1) is 9.72. The summed E-state index contributed by atoms with van der Waals surface area (Å²) in [6.07, 6.45) is 2.20. The largest absolute Gasteiger partial charge is 0.239 e. The lowest BCUT2D eigenvalue weighted by Gasteiger charge is -2.01. The van der Waals surface area contributed by atoms with Gasteiger partial charge in [0.2, 0.25) is 0 Å². The third-order valence-corrected chi connectivity index (χ3v) is 3.17. The minimum atomic E-state index is -0.311. The van der Waals surface area contributed by atoms with Gasteiger partial charge in [-0.2, -0.15) is 10.4 Å². The number of rotatable bonds is 2. The molecule has 0 bridgehead atoms. The minimum absolute atomic E-state index is 0.311. The van der Waals surface area contributed by atoms with Gasteiger partial charge in [0.15, 0.2) is 5.69 Å². The molecular formula is C15H9BFN3. The number of hydrogen-bond acceptors (Lipinski definition) is 2. The van der Waals surface area contributed by atoms with E-state index in [1.54, 1.807) is 22.8 Å². The third-order valence-electron chi connectivity index (χ3n) is 3.17. The Bertz CT molecular complexity index is 815. The van der Waals surface area contributed by atoms with Crippen LogP contribution in [0.4, 0.5) is 4.39 Å². The van der Waals surface area contributed by atoms with E-state index in [9.17, 15) is 9.65 Å². The lowest BCUT2D eigenvalue weighted by molar-refractivity contribution is 0.628. The lowest BCUT2D eigenvalue weighted by Crippen LogP contribution is -1.91. The van der Waals surface area contributed by atoms with Gasteiger partial charge in [-0.3, -0.25) is 0 Å². The van der Waals surface area contributed by atoms with E-state index in [-0.39, 0.29) is 5.82 Å². The van der Waals surface area contributed by atoms with Gasteiger partial charge < -0.3 is 0 Å². The van der Waals surface area contributed by atoms with Gasteiger partial charge in [-0.25, -0.2) is 8.91 Å². The molecule has 0 saturated carbocycles. The minimum Gasteiger partial charge on any atom is -0.239 e. The van der Waals surface area contributed by atoms with Gasteiger partial charge in [0, 0.05) is 11.8 Å². The van der Waals surface area contributed by atoms with Crippen LogP contribution < -0.4 is 0 Å². The molecule has 0 atom stereocenters. The number of pyridine rings is 1. The first kappa shape index (κ1) is 12.4. The monoisotopic (exact) mass is 261 g/mol. The van der Waals surface area contributed by atoms with E-state index in [4.69, 9.17) is 7.85 Å². The Morgan fingerprint density at radius 2 is 1.95 bits per heavy atom. The Labute approximate surface area is 116 Å². The molecule has 2 radical (unpaired) electrons. The molecule has 5 heteroatoms. The van der Waals surface area contributed by atoms with Gasteiger partial charge in [0.05, 0.1) is 13.4 Å². The van der Waals surface area contributed by atoms with E-state index in [1.807, 2.05) is 12.1 Å². The molecule has 0 aliphatic carbocycles. The first-order valence-corrected chi connectivity index (χ1v) is 6.10. The summed E-state index contributed by atoms with van der Waals surface area (Å²) < 4.78 is 14.7. The van der Waals surface area contributed by atoms with Crippen molar-refractivity contribution in [3.8, 4) is 17.2 Å². The van der Waals surface area contributed by atoms with Crippen LogP contribution in [0.5, 0.6) is 0 Å². The Kier molecular flexibility index (Phi) is 3.00. The average Bonchev–Trinajstić information content (AvgIpc) is 2.85. The predicted molar refractivity (Wildman–Crippen MR) is 74.8 cm³/mol. The molecule has 0 spiro atoms. The van der Waals surface area contributed by atoms with Crippen LogP contribution in [0.2, 0.25) is 0 Å². The maximum atomic E-state index is 13.0. The SMILES string of the molecule is [B]Cc1ccc2c(-c3ccc(F)cc3)c(C#N)nn2c1. The molecule has 0 aliphatic rings. The quantitative estimate of drug-likeness (QED) is 0.665. The second-order valence-electron chi connectivity index (χ2n) is 4.41. The Morgan fingerprint density at radius 3 is 2.60 bits per heavy atom. The van der Waals surface area contributed by atoms with Crippen molar-refractivity contribution in [3.05, 3.63) is 59.7 Å². The van der Waals surface area contributed by atoms with E-state index in [0.29, 0.717) is 17.6 Å². The highest BCUT2D eigenvalue weighted by molar-refractivity contribution is 6.08. The summed E-state index contributed by atoms with van der Waals surface area (Å²) in [6.45, 7) is 0. The molecule has 2 heterocycles. The summed E-state index contributed by atoms with van der Waals surface area (Å²) in [4.78, 5) is 0. The molecule has 2 aromatic heterocycles. The molecule has 0 unspecified atom stereocenters. The van der Waals surface area contributed by atoms with Crippen LogP contribution >= 0.6 is 0 Å². The van der Waals surface area contributed by atoms with Crippen molar-refractivity contribution in [1.82, 2.24) is 9.61 Å². The highest BCUT2D eigenvalue weighted by atomic mass is 19.1. The zero-order valence-corrected chi connectivity index (χ0v) is 10.5. The molecule has 3 aromatic rings. The summed E-state index contributed by atoms with van der Waals surface area (Å²) in [7, 11) is 5.60. The molecule has 0 saturated heterocycles. The van der Waals surface area contributed by atoms with E-state index < -0.39 is 0 Å². The van der Waals surface area contributed by atoms with Crippen molar-refractivity contribution in [2.24, 2.45) is 0 Å². The summed E-state index contributed by atoms with van der Waals surface area (Å²) in [5.74, 6) is -0.311. The zero-order chi connectivity index (χ0) is 14.1. The maximum absolute atomic E-state index is 13.0. The van der Waals surface area contributed by atoms with Gasteiger partial charge >= 0.3 is 0 Å². The highest BCUT2D eigenvalue weighted by Crippen LogP contribution is 2.28. The molecule has 0 amide bonds. The fraction of sp³-hybridized carbons (Fsp3) is 0.0667. The molecule has 3 nitrogen and oxygen atoms in total. The third kappa shape index (κ3) is 1.95. The van der Waals surface area contributed by atoms with Gasteiger partial charge in [-0.15, -0.1) is 0 Å². The number of hydrogen-bond donors (Lipinski definition) is 0. The van der Waals surface area contributed by atoms with Crippen LogP contribution in [0.3, 0.4) is 0 Å². The van der Waals surface area contributed by atoms with Crippen LogP contribution in [0.15, 0.2) is 42.6 Å². The smallest absolute Gasteiger partial charge is 0.171 e. The second kappa shape index (κ2) is 4.82. The number of benzene rings is 1. The topological polar surface area (TPSA) is 41.1 Å². The van der Waals surface area contributed by atoms with E-state index >= 15 is 0 Å². The molecule has 20 heavy (non-hydrogen) atoms. The number of fused-ring (bicyclic) bond motifs is 1. The van der Waals surface area contributed by atoms with Gasteiger partial charge in [-0.1, -0.05) is 24.5 Å². The normalized spacial score (nSPS) is 10.6. The van der Waals surface area contributed by atoms with Crippen LogP contribution in [0, 0.1) is 17.1 Å². The van der Waals surface area contributed by atoms with Crippen molar-refractivity contribution >= 4 is 13.4 Å². The van der Waals surface area contributed by atoms with Crippen molar-refractivity contribution < 1.29 is 4.39 Å². The average molecular weight is 261 g/mol. The van der Waals surface area contributed by atoms with Crippen LogP contribution in [0.1, 0.15) is 11.3 Å². The van der Waals surface area contributed by atoms with E-state index in [2.05, 4.69) is 11.2 Å². The van der Waals surface area contributed by atoms with Crippen LogP contribution in [0.25, 0.3) is 16.6 Å². The lowest BCUT2D eigenvalue weighted by atomic mass is 9.98. The molecule has 0 N–H and O–H groups in total. The fourth-order valence-corrected chi connectivity index (χ4v) is 2.19. The molecule has 1 aromatic carbocycles. The molecule has 3 rings (SSSR count). The predicted octanol–water partition coefficient (Wildman–Crippen LogP) is 2.68. The molecule has 0 fully saturated rings. The van der Waals surface area contributed by atoms with Gasteiger partial charge in [-0.05, 0) is 29.3 Å². The van der Waals surface area contributed by atoms with Crippen LogP contribution in [-0.4, -0.2) is 17.5 Å². The number of nitrogens with zero attached hydrogens (tertiary/aromatic N) is 3. The van der Waals surface area contributed by atoms with Crippen molar-refractivity contribution in [2.45, 2.75) is 6.32 Å². The number of halogens is 1. The van der Waals surface area contributed by atoms with Crippen LogP contribution in [-0.2, 0) is 6.32 Å². The van der Waals surface area contributed by atoms with E-state index in [1.165, 1.54) is 12.1 Å². The summed E-state index contributed by atoms with van der Waals surface area (Å²) in [5.41, 5.74) is 3.50. The fourth-order valence-electron chi connectivity index (χ4n) is 2.19. The van der Waals surface area contributed by atoms with Crippen molar-refractivity contribution in [1.29, 1.82) is 5.26 Å². The van der Waals surface area contributed by atoms with Gasteiger partial charge in [0.1, 0.15) is 11.9 Å². The molecule has 0 aliphatic heterocycles. The zero-order valence-electron chi connectivity index (χ0n) is 10.5. The summed E-state index contributed by atoms with van der Waals surface area (Å²) in [6, 6.07) is 11.9. The standard InChI is InChI=1S/C15H9BFN3/c16-7-10-1-6-14-15(11-2-4-12(17)5-3-11)13(8-18)19-20(14)9-10/h1-6,9H,7H2. The van der Waals surface area contributed by atoms with E-state index in [0.717, 1.165) is 16.6 Å². The summed E-state index contributed by atoms with van der Waals surface area (Å²) in [5, 5.41) is 13.5. The number of nitriles is 1. The summed E-state index contributed by atoms with van der Waals surface area (Å²) >= 11 is 0. The number of aromatic nitrogens is 2. The van der Waals surface area contributed by atoms with Crippen molar-refractivity contribution in [3.63, 3.8) is 0 Å². The van der Waals surface area contributed by atoms with Crippen molar-refractivity contribution in [2.75, 3.05) is 0 Å². The molecule has 94 valence electrons. The first-order valence-electron chi connectivity index (χ1n) is 6.10. The Balaban J connectivity index is 2.28.